The molecule has 0 radical (unpaired) electrons. The van der Waals surface area contributed by atoms with E-state index in [1.165, 1.54) is 25.7 Å². The summed E-state index contributed by atoms with van der Waals surface area (Å²) in [6.45, 7) is 3.48. The fourth-order valence-electron chi connectivity index (χ4n) is 4.96. The molecule has 1 atom stereocenters. The third-order valence-electron chi connectivity index (χ3n) is 7.90. The summed E-state index contributed by atoms with van der Waals surface area (Å²) in [7, 11) is -4.77. The Labute approximate surface area is 316 Å². The molecule has 0 aliphatic carbocycles. The average molecular weight is 747 g/mol. The van der Waals surface area contributed by atoms with Crippen molar-refractivity contribution in [2.24, 2.45) is 0 Å². The summed E-state index contributed by atoms with van der Waals surface area (Å²) in [6, 6.07) is 0. The number of hydrogen-bond acceptors (Lipinski definition) is 6. The number of allylic oxidation sites excluding steroid dienone is 14. The third kappa shape index (κ3) is 40.0. The maximum absolute atomic E-state index is 12.4. The Bertz CT molecular complexity index is 1110. The second-order valence-electron chi connectivity index (χ2n) is 12.9. The van der Waals surface area contributed by atoms with Crippen molar-refractivity contribution in [2.75, 3.05) is 13.2 Å². The highest BCUT2D eigenvalue weighted by Crippen LogP contribution is 2.36. The number of carbonyl (C=O) groups is 2. The van der Waals surface area contributed by atoms with Gasteiger partial charge in [-0.3, -0.25) is 14.1 Å². The fraction of sp³-hybridized carbons (Fsp3) is 0.628. The van der Waals surface area contributed by atoms with E-state index in [0.29, 0.717) is 12.8 Å². The highest BCUT2D eigenvalue weighted by Gasteiger charge is 2.22. The van der Waals surface area contributed by atoms with Crippen molar-refractivity contribution in [3.8, 4) is 0 Å². The van der Waals surface area contributed by atoms with Crippen LogP contribution in [0.2, 0.25) is 0 Å². The SMILES string of the molecule is CC/C=C/C/C=C/C/C=C/CCCCCCCC(=O)OC[C@H](COP(=O)(O)O)OC(=O)CCCCC/C=C/C/C=C/C/C=C/C/C=C/CCCCC. The summed E-state index contributed by atoms with van der Waals surface area (Å²) in [5.41, 5.74) is 0. The second-order valence-corrected chi connectivity index (χ2v) is 14.1. The molecule has 52 heavy (non-hydrogen) atoms. The van der Waals surface area contributed by atoms with E-state index in [-0.39, 0.29) is 19.4 Å². The topological polar surface area (TPSA) is 119 Å². The first-order valence-corrected chi connectivity index (χ1v) is 21.4. The van der Waals surface area contributed by atoms with E-state index in [1.807, 2.05) is 0 Å². The summed E-state index contributed by atoms with van der Waals surface area (Å²) >= 11 is 0. The molecule has 0 amide bonds. The van der Waals surface area contributed by atoms with Crippen molar-refractivity contribution in [1.82, 2.24) is 0 Å². The highest BCUT2D eigenvalue weighted by atomic mass is 31.2. The number of ether oxygens (including phenoxy) is 2. The van der Waals surface area contributed by atoms with E-state index >= 15 is 0 Å². The van der Waals surface area contributed by atoms with Gasteiger partial charge in [0.05, 0.1) is 6.61 Å². The molecule has 2 N–H and O–H groups in total. The molecular weight excluding hydrogens is 675 g/mol. The second kappa shape index (κ2) is 38.0. The summed E-state index contributed by atoms with van der Waals surface area (Å²) < 4.78 is 26.3. The monoisotopic (exact) mass is 746 g/mol. The van der Waals surface area contributed by atoms with Crippen LogP contribution in [0.1, 0.15) is 155 Å². The molecule has 0 fully saturated rings. The van der Waals surface area contributed by atoms with Crippen LogP contribution in [0.3, 0.4) is 0 Å². The lowest BCUT2D eigenvalue weighted by Crippen LogP contribution is -2.29. The highest BCUT2D eigenvalue weighted by molar-refractivity contribution is 7.46. The van der Waals surface area contributed by atoms with Crippen molar-refractivity contribution in [2.45, 2.75) is 161 Å². The van der Waals surface area contributed by atoms with Crippen LogP contribution in [0.5, 0.6) is 0 Å². The van der Waals surface area contributed by atoms with Gasteiger partial charge in [0.25, 0.3) is 0 Å². The zero-order chi connectivity index (χ0) is 38.2. The lowest BCUT2D eigenvalue weighted by Gasteiger charge is -2.18. The summed E-state index contributed by atoms with van der Waals surface area (Å²) in [6.07, 6.45) is 50.1. The van der Waals surface area contributed by atoms with Gasteiger partial charge in [-0.15, -0.1) is 0 Å². The first-order valence-electron chi connectivity index (χ1n) is 19.9. The van der Waals surface area contributed by atoms with E-state index in [2.05, 4.69) is 103 Å². The molecule has 0 saturated heterocycles. The maximum Gasteiger partial charge on any atom is 0.469 e. The number of rotatable bonds is 35. The smallest absolute Gasteiger partial charge is 0.462 e. The van der Waals surface area contributed by atoms with Crippen LogP contribution in [0, 0.1) is 0 Å². The minimum Gasteiger partial charge on any atom is -0.462 e. The van der Waals surface area contributed by atoms with Gasteiger partial charge in [-0.05, 0) is 89.9 Å². The van der Waals surface area contributed by atoms with Crippen LogP contribution in [0.25, 0.3) is 0 Å². The van der Waals surface area contributed by atoms with Crippen LogP contribution in [-0.2, 0) is 28.2 Å². The van der Waals surface area contributed by atoms with Gasteiger partial charge >= 0.3 is 19.8 Å². The van der Waals surface area contributed by atoms with Crippen molar-refractivity contribution in [3.63, 3.8) is 0 Å². The minimum atomic E-state index is -4.77. The summed E-state index contributed by atoms with van der Waals surface area (Å²) in [5.74, 6) is -0.950. The number of hydrogen-bond donors (Lipinski definition) is 2. The Morgan fingerprint density at radius 3 is 1.40 bits per heavy atom. The van der Waals surface area contributed by atoms with Gasteiger partial charge in [-0.2, -0.15) is 0 Å². The van der Waals surface area contributed by atoms with E-state index < -0.39 is 32.5 Å². The number of phosphoric ester groups is 1. The molecule has 296 valence electrons. The van der Waals surface area contributed by atoms with Crippen molar-refractivity contribution < 1.29 is 37.9 Å². The number of esters is 2. The Hall–Kier alpha value is -2.77. The van der Waals surface area contributed by atoms with E-state index in [1.54, 1.807) is 0 Å². The molecule has 0 spiro atoms. The van der Waals surface area contributed by atoms with Gasteiger partial charge in [0, 0.05) is 12.8 Å². The predicted octanol–water partition coefficient (Wildman–Crippen LogP) is 12.1. The zero-order valence-corrected chi connectivity index (χ0v) is 33.3. The van der Waals surface area contributed by atoms with Crippen LogP contribution in [0.15, 0.2) is 85.1 Å². The Balaban J connectivity index is 4.07. The molecule has 0 aliphatic rings. The first kappa shape index (κ1) is 49.2. The molecule has 8 nitrogen and oxygen atoms in total. The van der Waals surface area contributed by atoms with Gasteiger partial charge in [-0.25, -0.2) is 4.57 Å². The van der Waals surface area contributed by atoms with Gasteiger partial charge in [0.1, 0.15) is 6.61 Å². The molecule has 0 aromatic rings. The molecular formula is C43H71O8P. The largest absolute Gasteiger partial charge is 0.469 e. The zero-order valence-electron chi connectivity index (χ0n) is 32.4. The molecule has 0 unspecified atom stereocenters. The number of carbonyl (C=O) groups excluding carboxylic acids is 2. The number of unbranched alkanes of at least 4 members (excludes halogenated alkanes) is 11. The van der Waals surface area contributed by atoms with E-state index in [0.717, 1.165) is 89.9 Å². The molecule has 0 aromatic carbocycles. The van der Waals surface area contributed by atoms with Crippen molar-refractivity contribution in [3.05, 3.63) is 85.1 Å². The van der Waals surface area contributed by atoms with Gasteiger partial charge in [-0.1, -0.05) is 137 Å². The van der Waals surface area contributed by atoms with Crippen molar-refractivity contribution in [1.29, 1.82) is 0 Å². The van der Waals surface area contributed by atoms with Crippen LogP contribution in [-0.4, -0.2) is 41.0 Å². The number of phosphoric acid groups is 1. The molecule has 0 heterocycles. The summed E-state index contributed by atoms with van der Waals surface area (Å²) in [4.78, 5) is 42.8. The lowest BCUT2D eigenvalue weighted by molar-refractivity contribution is -0.161. The lowest BCUT2D eigenvalue weighted by atomic mass is 10.1. The minimum absolute atomic E-state index is 0.165. The molecule has 0 rings (SSSR count). The Kier molecular flexibility index (Phi) is 35.9. The van der Waals surface area contributed by atoms with Gasteiger partial charge in [0.15, 0.2) is 6.10 Å². The molecule has 0 bridgehead atoms. The van der Waals surface area contributed by atoms with E-state index in [9.17, 15) is 14.2 Å². The van der Waals surface area contributed by atoms with Gasteiger partial charge in [0.2, 0.25) is 0 Å². The molecule has 0 saturated carbocycles. The van der Waals surface area contributed by atoms with Crippen LogP contribution >= 0.6 is 7.82 Å². The van der Waals surface area contributed by atoms with Crippen molar-refractivity contribution >= 4 is 19.8 Å². The average Bonchev–Trinajstić information content (AvgIpc) is 3.11. The molecule has 0 aromatic heterocycles. The quantitative estimate of drug-likeness (QED) is 0.0285. The first-order chi connectivity index (χ1) is 25.3. The van der Waals surface area contributed by atoms with Crippen LogP contribution in [0.4, 0.5) is 0 Å². The molecule has 9 heteroatoms. The maximum atomic E-state index is 12.4. The predicted molar refractivity (Wildman–Crippen MR) is 216 cm³/mol. The Morgan fingerprint density at radius 2 is 0.923 bits per heavy atom. The van der Waals surface area contributed by atoms with E-state index in [4.69, 9.17) is 19.3 Å². The summed E-state index contributed by atoms with van der Waals surface area (Å²) in [5, 5.41) is 0. The normalized spacial score (nSPS) is 13.4. The third-order valence-corrected chi connectivity index (χ3v) is 8.38. The van der Waals surface area contributed by atoms with Gasteiger partial charge < -0.3 is 19.3 Å². The standard InChI is InChI=1S/C43H71O8P/c1-3-5-7-9-11-13-15-17-19-20-21-22-24-26-28-30-32-34-36-38-43(45)51-41(40-50-52(46,47)48)39-49-42(44)37-35-33-31-29-27-25-23-18-16-14-12-10-8-6-4-2/h6,8,11-14,17-19,21-23,26,28,41H,3-5,7,9-10,15-16,20,24-25,27,29-40H2,1-2H3,(H2,46,47,48)/b8-6+,13-11+,14-12+,19-17+,22-21+,23-18+,28-26+/t41-/m1/s1. The fourth-order valence-corrected chi connectivity index (χ4v) is 5.32. The Morgan fingerprint density at radius 1 is 0.519 bits per heavy atom. The van der Waals surface area contributed by atoms with Crippen LogP contribution < -0.4 is 0 Å². The molecule has 0 aliphatic heterocycles.